The molecule has 3 aromatic rings. The van der Waals surface area contributed by atoms with Gasteiger partial charge >= 0.3 is 0 Å². The molecule has 1 saturated heterocycles. The van der Waals surface area contributed by atoms with Crippen molar-refractivity contribution in [2.45, 2.75) is 38.8 Å². The van der Waals surface area contributed by atoms with Gasteiger partial charge in [-0.3, -0.25) is 0 Å². The molecule has 10 heteroatoms. The molecule has 0 radical (unpaired) electrons. The molecule has 0 unspecified atom stereocenters. The van der Waals surface area contributed by atoms with E-state index in [4.69, 9.17) is 4.74 Å². The minimum absolute atomic E-state index is 0.376. The number of hydrogen-bond donors (Lipinski definition) is 0. The maximum absolute atomic E-state index is 5.34. The third-order valence-corrected chi connectivity index (χ3v) is 4.94. The summed E-state index contributed by atoms with van der Waals surface area (Å²) in [6.45, 7) is 5.31. The predicted molar refractivity (Wildman–Crippen MR) is 97.6 cm³/mol. The molecule has 1 aliphatic heterocycles. The van der Waals surface area contributed by atoms with Crippen LogP contribution in [-0.4, -0.2) is 59.7 Å². The Morgan fingerprint density at radius 1 is 1.15 bits per heavy atom. The number of ether oxygens (including phenoxy) is 1. The van der Waals surface area contributed by atoms with Gasteiger partial charge in [-0.25, -0.2) is 19.6 Å². The second kappa shape index (κ2) is 7.68. The summed E-state index contributed by atoms with van der Waals surface area (Å²) in [7, 11) is 1.63. The van der Waals surface area contributed by atoms with Crippen molar-refractivity contribution in [3.8, 4) is 5.88 Å². The molecule has 10 nitrogen and oxygen atoms in total. The highest BCUT2D eigenvalue weighted by atomic mass is 16.5. The van der Waals surface area contributed by atoms with Gasteiger partial charge in [0.2, 0.25) is 0 Å². The van der Waals surface area contributed by atoms with Gasteiger partial charge < -0.3 is 14.2 Å². The third-order valence-electron chi connectivity index (χ3n) is 4.94. The maximum Gasteiger partial charge on any atom is 0.257 e. The molecule has 0 atom stereocenters. The molecule has 0 spiro atoms. The lowest BCUT2D eigenvalue weighted by molar-refractivity contribution is 0.390. The summed E-state index contributed by atoms with van der Waals surface area (Å²) in [5, 5.41) is 13.1. The number of nitrogens with zero attached hydrogens (tertiary/aromatic N) is 9. The van der Waals surface area contributed by atoms with E-state index < -0.39 is 0 Å². The summed E-state index contributed by atoms with van der Waals surface area (Å²) < 4.78 is 9.31. The van der Waals surface area contributed by atoms with Gasteiger partial charge in [0, 0.05) is 37.9 Å². The fourth-order valence-electron chi connectivity index (χ4n) is 3.60. The lowest BCUT2D eigenvalue weighted by atomic mass is 9.96. The highest BCUT2D eigenvalue weighted by Crippen LogP contribution is 2.32. The van der Waals surface area contributed by atoms with E-state index in [2.05, 4.69) is 46.6 Å². The summed E-state index contributed by atoms with van der Waals surface area (Å²) in [5.41, 5.74) is 0. The summed E-state index contributed by atoms with van der Waals surface area (Å²) in [6, 6.07) is 0. The molecule has 142 valence electrons. The van der Waals surface area contributed by atoms with Crippen LogP contribution in [0.1, 0.15) is 37.3 Å². The largest absolute Gasteiger partial charge is 0.478 e. The van der Waals surface area contributed by atoms with Crippen molar-refractivity contribution in [1.82, 2.24) is 39.5 Å². The van der Waals surface area contributed by atoms with E-state index in [0.717, 1.165) is 49.9 Å². The Bertz CT molecular complexity index is 868. The van der Waals surface area contributed by atoms with Crippen molar-refractivity contribution in [3.05, 3.63) is 36.7 Å². The topological polar surface area (TPSA) is 99.7 Å². The molecule has 4 heterocycles. The Labute approximate surface area is 157 Å². The van der Waals surface area contributed by atoms with E-state index in [9.17, 15) is 0 Å². The van der Waals surface area contributed by atoms with Crippen LogP contribution in [-0.2, 0) is 13.1 Å². The summed E-state index contributed by atoms with van der Waals surface area (Å²) in [4.78, 5) is 14.9. The van der Waals surface area contributed by atoms with Gasteiger partial charge in [-0.1, -0.05) is 0 Å². The Balaban J connectivity index is 1.47. The fraction of sp³-hybridized carbons (Fsp3) is 0.529. The quantitative estimate of drug-likeness (QED) is 0.637. The number of piperidine rings is 1. The van der Waals surface area contributed by atoms with E-state index in [1.54, 1.807) is 30.5 Å². The van der Waals surface area contributed by atoms with Crippen molar-refractivity contribution < 1.29 is 4.74 Å². The van der Waals surface area contributed by atoms with Gasteiger partial charge in [0.05, 0.1) is 7.11 Å². The number of rotatable bonds is 6. The highest BCUT2D eigenvalue weighted by Gasteiger charge is 2.27. The van der Waals surface area contributed by atoms with Crippen LogP contribution in [0.3, 0.4) is 0 Å². The minimum Gasteiger partial charge on any atom is -0.478 e. The van der Waals surface area contributed by atoms with Crippen molar-refractivity contribution in [1.29, 1.82) is 0 Å². The van der Waals surface area contributed by atoms with E-state index in [1.165, 1.54) is 6.33 Å². The fourth-order valence-corrected chi connectivity index (χ4v) is 3.60. The summed E-state index contributed by atoms with van der Waals surface area (Å²) >= 11 is 0. The molecule has 27 heavy (non-hydrogen) atoms. The first kappa shape index (κ1) is 17.4. The van der Waals surface area contributed by atoms with E-state index in [1.807, 2.05) is 0 Å². The molecule has 1 aliphatic rings. The molecule has 3 aromatic heterocycles. The number of methoxy groups -OCH3 is 1. The van der Waals surface area contributed by atoms with Crippen LogP contribution in [0, 0.1) is 0 Å². The van der Waals surface area contributed by atoms with Crippen LogP contribution < -0.4 is 9.64 Å². The average molecular weight is 369 g/mol. The Hall–Kier alpha value is -3.04. The Morgan fingerprint density at radius 2 is 1.96 bits per heavy atom. The Morgan fingerprint density at radius 3 is 2.67 bits per heavy atom. The molecule has 0 N–H and O–H groups in total. The van der Waals surface area contributed by atoms with E-state index >= 15 is 0 Å². The predicted octanol–water partition coefficient (Wildman–Crippen LogP) is 1.12. The second-order valence-electron chi connectivity index (χ2n) is 6.46. The lowest BCUT2D eigenvalue weighted by Crippen LogP contribution is -2.34. The molecular formula is C17H23N9O. The molecule has 0 saturated carbocycles. The van der Waals surface area contributed by atoms with Gasteiger partial charge in [0.25, 0.3) is 5.88 Å². The highest BCUT2D eigenvalue weighted by molar-refractivity contribution is 5.48. The smallest absolute Gasteiger partial charge is 0.257 e. The van der Waals surface area contributed by atoms with Crippen LogP contribution in [0.25, 0.3) is 0 Å². The Kier molecular flexibility index (Phi) is 4.95. The van der Waals surface area contributed by atoms with Crippen LogP contribution in [0.5, 0.6) is 5.88 Å². The van der Waals surface area contributed by atoms with Gasteiger partial charge in [0.1, 0.15) is 25.0 Å². The first-order chi connectivity index (χ1) is 13.3. The van der Waals surface area contributed by atoms with Crippen LogP contribution in [0.15, 0.2) is 25.0 Å². The van der Waals surface area contributed by atoms with Crippen molar-refractivity contribution in [3.63, 3.8) is 0 Å². The first-order valence-electron chi connectivity index (χ1n) is 9.14. The molecule has 0 aromatic carbocycles. The normalized spacial score (nSPS) is 15.3. The molecule has 0 amide bonds. The van der Waals surface area contributed by atoms with Crippen LogP contribution >= 0.6 is 0 Å². The second-order valence-corrected chi connectivity index (χ2v) is 6.46. The zero-order chi connectivity index (χ0) is 18.6. The van der Waals surface area contributed by atoms with Crippen molar-refractivity contribution in [2.75, 3.05) is 25.1 Å². The van der Waals surface area contributed by atoms with Crippen molar-refractivity contribution in [2.24, 2.45) is 0 Å². The standard InChI is InChI=1S/C17H23N9O/c1-3-26-14(10-25-12-18-11-21-25)22-23-15(26)13-4-8-24(9-5-13)16-17(27-2)20-7-6-19-16/h6-7,11-13H,3-5,8-10H2,1-2H3. The van der Waals surface area contributed by atoms with Gasteiger partial charge in [-0.05, 0) is 19.8 Å². The molecule has 1 fully saturated rings. The maximum atomic E-state index is 5.34. The van der Waals surface area contributed by atoms with E-state index in [0.29, 0.717) is 18.3 Å². The van der Waals surface area contributed by atoms with E-state index in [-0.39, 0.29) is 0 Å². The summed E-state index contributed by atoms with van der Waals surface area (Å²) in [5.74, 6) is 3.72. The zero-order valence-electron chi connectivity index (χ0n) is 15.6. The van der Waals surface area contributed by atoms with Gasteiger partial charge in [-0.15, -0.1) is 10.2 Å². The molecule has 4 rings (SSSR count). The molecular weight excluding hydrogens is 346 g/mol. The van der Waals surface area contributed by atoms with Gasteiger partial charge in [-0.2, -0.15) is 5.10 Å². The first-order valence-corrected chi connectivity index (χ1v) is 9.14. The zero-order valence-corrected chi connectivity index (χ0v) is 15.6. The average Bonchev–Trinajstić information content (AvgIpc) is 3.38. The van der Waals surface area contributed by atoms with Gasteiger partial charge in [0.15, 0.2) is 11.6 Å². The molecule has 0 aliphatic carbocycles. The number of aromatic nitrogens is 8. The lowest BCUT2D eigenvalue weighted by Gasteiger charge is -2.32. The third kappa shape index (κ3) is 3.46. The number of anilines is 1. The number of hydrogen-bond acceptors (Lipinski definition) is 8. The molecule has 0 bridgehead atoms. The SMILES string of the molecule is CCn1c(Cn2cncn2)nnc1C1CCN(c2nccnc2OC)CC1. The van der Waals surface area contributed by atoms with Crippen LogP contribution in [0.4, 0.5) is 5.82 Å². The minimum atomic E-state index is 0.376. The monoisotopic (exact) mass is 369 g/mol. The summed E-state index contributed by atoms with van der Waals surface area (Å²) in [6.07, 6.45) is 8.55. The van der Waals surface area contributed by atoms with Crippen molar-refractivity contribution >= 4 is 5.82 Å². The van der Waals surface area contributed by atoms with Crippen LogP contribution in [0.2, 0.25) is 0 Å².